The summed E-state index contributed by atoms with van der Waals surface area (Å²) in [5.41, 5.74) is 6.86. The van der Waals surface area contributed by atoms with Crippen LogP contribution >= 0.6 is 22.7 Å². The van der Waals surface area contributed by atoms with Crippen LogP contribution in [0, 0.1) is 19.1 Å². The smallest absolute Gasteiger partial charge is 0.508 e. The molecule has 7 heteroatoms. The molecule has 0 N–H and O–H groups in total. The number of thiophene rings is 2. The first-order valence-electron chi connectivity index (χ1n) is 16.6. The number of rotatable bonds is 5. The fourth-order valence-corrected chi connectivity index (χ4v) is 8.42. The molecule has 0 saturated heterocycles. The Labute approximate surface area is 316 Å². The first kappa shape index (κ1) is 34.4. The van der Waals surface area contributed by atoms with Gasteiger partial charge in [0.2, 0.25) is 0 Å². The van der Waals surface area contributed by atoms with Gasteiger partial charge in [0, 0.05) is 39.0 Å². The third-order valence-corrected chi connectivity index (χ3v) is 11.3. The molecule has 0 radical (unpaired) electrons. The topological polar surface area (TPSA) is 39.9 Å². The Balaban J connectivity index is 0.00000392. The normalized spacial score (nSPS) is 12.1. The van der Waals surface area contributed by atoms with Crippen molar-refractivity contribution in [1.82, 2.24) is 14.5 Å². The Morgan fingerprint density at radius 2 is 1.46 bits per heavy atom. The predicted molar refractivity (Wildman–Crippen MR) is 207 cm³/mol. The van der Waals surface area contributed by atoms with Gasteiger partial charge in [0.1, 0.15) is 5.82 Å². The second kappa shape index (κ2) is 12.9. The fraction of sp³-hybridized carbons (Fsp3) is 0.209. The largest absolute Gasteiger partial charge is 2.00 e. The van der Waals surface area contributed by atoms with Crippen LogP contribution in [0.1, 0.15) is 57.5 Å². The van der Waals surface area contributed by atoms with Crippen LogP contribution in [0.25, 0.3) is 58.7 Å². The molecule has 0 aliphatic heterocycles. The Morgan fingerprint density at radius 1 is 0.720 bits per heavy atom. The minimum absolute atomic E-state index is 0. The third-order valence-electron chi connectivity index (χ3n) is 9.10. The molecule has 0 aliphatic rings. The average molecular weight is 871 g/mol. The minimum atomic E-state index is 0. The molecule has 0 amide bonds. The van der Waals surface area contributed by atoms with Gasteiger partial charge in [-0.2, -0.15) is 6.07 Å². The SMILES string of the molecule is Cc1sc(-c2nccc3cc(-c4ccc(C(C)(C)C)cc4)sc23)[c-]c1Oc1[c-]c2c(cc1)c1ccccc1n2-c1cc(C(C)(C)C)ccn1.[Pt+2]. The van der Waals surface area contributed by atoms with E-state index in [1.165, 1.54) is 27.0 Å². The summed E-state index contributed by atoms with van der Waals surface area (Å²) >= 11 is 3.44. The number of hydrogen-bond donors (Lipinski definition) is 0. The molecule has 4 nitrogen and oxygen atoms in total. The average Bonchev–Trinajstić information content (AvgIpc) is 3.77. The van der Waals surface area contributed by atoms with E-state index >= 15 is 0 Å². The van der Waals surface area contributed by atoms with Gasteiger partial charge in [-0.3, -0.25) is 0 Å². The van der Waals surface area contributed by atoms with Crippen LogP contribution in [-0.4, -0.2) is 14.5 Å². The Kier molecular flexibility index (Phi) is 8.87. The maximum atomic E-state index is 6.55. The van der Waals surface area contributed by atoms with Crippen LogP contribution in [-0.2, 0) is 31.9 Å². The quantitative estimate of drug-likeness (QED) is 0.162. The van der Waals surface area contributed by atoms with Gasteiger partial charge in [-0.25, -0.2) is 16.3 Å². The van der Waals surface area contributed by atoms with Crippen LogP contribution in [0.5, 0.6) is 11.5 Å². The number of aromatic nitrogens is 3. The zero-order valence-corrected chi connectivity index (χ0v) is 33.0. The molecule has 0 bridgehead atoms. The van der Waals surface area contributed by atoms with E-state index in [9.17, 15) is 0 Å². The van der Waals surface area contributed by atoms with Crippen molar-refractivity contribution in [3.05, 3.63) is 125 Å². The second-order valence-electron chi connectivity index (χ2n) is 14.6. The Morgan fingerprint density at radius 3 is 2.22 bits per heavy atom. The molecule has 5 heterocycles. The number of hydrogen-bond acceptors (Lipinski definition) is 5. The molecule has 0 spiro atoms. The summed E-state index contributed by atoms with van der Waals surface area (Å²) in [6.45, 7) is 15.5. The maximum absolute atomic E-state index is 6.55. The van der Waals surface area contributed by atoms with Gasteiger partial charge < -0.3 is 14.3 Å². The van der Waals surface area contributed by atoms with Crippen molar-refractivity contribution >= 4 is 54.6 Å². The van der Waals surface area contributed by atoms with Gasteiger partial charge in [0.15, 0.2) is 0 Å². The summed E-state index contributed by atoms with van der Waals surface area (Å²) in [4.78, 5) is 12.9. The number of ether oxygens (including phenoxy) is 1. The van der Waals surface area contributed by atoms with Gasteiger partial charge in [0.25, 0.3) is 0 Å². The fourth-order valence-electron chi connectivity index (χ4n) is 6.31. The van der Waals surface area contributed by atoms with Gasteiger partial charge in [-0.1, -0.05) is 106 Å². The Bertz CT molecular complexity index is 2510. The molecule has 3 aromatic carbocycles. The van der Waals surface area contributed by atoms with Crippen molar-refractivity contribution < 1.29 is 25.8 Å². The van der Waals surface area contributed by atoms with Gasteiger partial charge in [-0.15, -0.1) is 34.9 Å². The first-order chi connectivity index (χ1) is 23.4. The van der Waals surface area contributed by atoms with Crippen LogP contribution < -0.4 is 4.74 Å². The van der Waals surface area contributed by atoms with Crippen molar-refractivity contribution in [3.8, 4) is 38.3 Å². The molecule has 252 valence electrons. The van der Waals surface area contributed by atoms with E-state index in [1.54, 1.807) is 22.7 Å². The van der Waals surface area contributed by atoms with E-state index in [-0.39, 0.29) is 31.9 Å². The van der Waals surface area contributed by atoms with Crippen molar-refractivity contribution in [2.24, 2.45) is 0 Å². The zero-order chi connectivity index (χ0) is 34.1. The summed E-state index contributed by atoms with van der Waals surface area (Å²) in [6, 6.07) is 37.3. The van der Waals surface area contributed by atoms with Crippen LogP contribution in [0.2, 0.25) is 0 Å². The van der Waals surface area contributed by atoms with E-state index in [4.69, 9.17) is 14.7 Å². The zero-order valence-electron chi connectivity index (χ0n) is 29.1. The maximum Gasteiger partial charge on any atom is 2.00 e. The third kappa shape index (κ3) is 6.23. The molecular weight excluding hydrogens is 834 g/mol. The minimum Gasteiger partial charge on any atom is -0.508 e. The van der Waals surface area contributed by atoms with E-state index in [2.05, 4.69) is 144 Å². The number of fused-ring (bicyclic) bond motifs is 4. The number of aryl methyl sites for hydroxylation is 1. The van der Waals surface area contributed by atoms with Gasteiger partial charge >= 0.3 is 21.1 Å². The summed E-state index contributed by atoms with van der Waals surface area (Å²) in [7, 11) is 0. The van der Waals surface area contributed by atoms with Crippen molar-refractivity contribution in [2.75, 3.05) is 0 Å². The summed E-state index contributed by atoms with van der Waals surface area (Å²) in [5, 5.41) is 3.45. The monoisotopic (exact) mass is 870 g/mol. The van der Waals surface area contributed by atoms with E-state index in [0.717, 1.165) is 47.8 Å². The summed E-state index contributed by atoms with van der Waals surface area (Å²) < 4.78 is 9.90. The standard InChI is InChI=1S/C43H37N3OS2.Pt/c1-26-36(25-38(48-26)40-41-28(18-20-45-40)22-37(49-41)27-12-14-29(15-13-27)42(2,3)4)47-31-16-17-33-32-10-8-9-11-34(32)46(35(33)24-31)39-23-30(19-21-44-39)43(5,6)7;/h8-23H,1-7H3;/q-2;+2. The molecule has 8 aromatic rings. The van der Waals surface area contributed by atoms with Crippen LogP contribution in [0.15, 0.2) is 97.3 Å². The van der Waals surface area contributed by atoms with Gasteiger partial charge in [0.05, 0.1) is 0 Å². The first-order valence-corrected chi connectivity index (χ1v) is 18.2. The molecular formula is C43H37N3OPtS2. The van der Waals surface area contributed by atoms with E-state index in [1.807, 2.05) is 18.5 Å². The molecule has 0 aliphatic carbocycles. The Hall–Kier alpha value is -4.09. The molecule has 50 heavy (non-hydrogen) atoms. The number of nitrogens with zero attached hydrogens (tertiary/aromatic N) is 3. The molecule has 8 rings (SSSR count). The van der Waals surface area contributed by atoms with E-state index in [0.29, 0.717) is 11.5 Å². The second-order valence-corrected chi connectivity index (χ2v) is 16.9. The molecule has 0 unspecified atom stereocenters. The molecule has 0 atom stereocenters. The van der Waals surface area contributed by atoms with Crippen molar-refractivity contribution in [3.63, 3.8) is 0 Å². The van der Waals surface area contributed by atoms with E-state index < -0.39 is 0 Å². The predicted octanol–water partition coefficient (Wildman–Crippen LogP) is 12.5. The molecule has 0 fully saturated rings. The molecule has 0 saturated carbocycles. The summed E-state index contributed by atoms with van der Waals surface area (Å²) in [6.07, 6.45) is 3.79. The van der Waals surface area contributed by atoms with Crippen LogP contribution in [0.3, 0.4) is 0 Å². The summed E-state index contributed by atoms with van der Waals surface area (Å²) in [5.74, 6) is 2.20. The molecule has 5 aromatic heterocycles. The van der Waals surface area contributed by atoms with Crippen molar-refractivity contribution in [1.29, 1.82) is 0 Å². The number of benzene rings is 3. The van der Waals surface area contributed by atoms with Crippen LogP contribution in [0.4, 0.5) is 0 Å². The number of pyridine rings is 2. The van der Waals surface area contributed by atoms with Crippen molar-refractivity contribution in [2.45, 2.75) is 59.3 Å². The van der Waals surface area contributed by atoms with Gasteiger partial charge in [-0.05, 0) is 74.3 Å². The number of para-hydroxylation sites is 1.